The molecule has 0 heterocycles. The van der Waals surface area contributed by atoms with Crippen molar-refractivity contribution in [1.82, 2.24) is 0 Å². The van der Waals surface area contributed by atoms with E-state index >= 15 is 0 Å². The molecule has 102 valence electrons. The summed E-state index contributed by atoms with van der Waals surface area (Å²) in [5.41, 5.74) is 8.04. The second-order valence-corrected chi connectivity index (χ2v) is 4.40. The molecule has 0 aliphatic heterocycles. The van der Waals surface area contributed by atoms with E-state index < -0.39 is 0 Å². The standard InChI is InChI=1S/C16H26.C2H4/c1-6-12-11-13(7-2)15(9-4)16(10-5)14(12)8-3;1-2/h11H,6-10H2,1-5H3;1-2H2. The molecule has 0 aliphatic rings. The van der Waals surface area contributed by atoms with Gasteiger partial charge in [-0.15, -0.1) is 13.2 Å². The van der Waals surface area contributed by atoms with Crippen LogP contribution in [0.5, 0.6) is 0 Å². The highest BCUT2D eigenvalue weighted by Crippen LogP contribution is 2.26. The van der Waals surface area contributed by atoms with Crippen LogP contribution in [0.1, 0.15) is 62.4 Å². The van der Waals surface area contributed by atoms with Crippen molar-refractivity contribution in [1.29, 1.82) is 0 Å². The van der Waals surface area contributed by atoms with Crippen LogP contribution >= 0.6 is 0 Å². The summed E-state index contributed by atoms with van der Waals surface area (Å²) in [6.45, 7) is 17.4. The predicted octanol–water partition coefficient (Wildman–Crippen LogP) is 5.30. The van der Waals surface area contributed by atoms with Crippen molar-refractivity contribution < 1.29 is 0 Å². The van der Waals surface area contributed by atoms with Crippen molar-refractivity contribution in [3.8, 4) is 0 Å². The molecular formula is C18H30. The Morgan fingerprint density at radius 2 is 0.944 bits per heavy atom. The third-order valence-corrected chi connectivity index (χ3v) is 3.67. The Balaban J connectivity index is 0.00000137. The first-order valence-electron chi connectivity index (χ1n) is 7.38. The molecular weight excluding hydrogens is 216 g/mol. The lowest BCUT2D eigenvalue weighted by Gasteiger charge is -2.19. The van der Waals surface area contributed by atoms with Gasteiger partial charge in [-0.25, -0.2) is 0 Å². The van der Waals surface area contributed by atoms with Crippen molar-refractivity contribution in [2.45, 2.75) is 66.7 Å². The zero-order valence-corrected chi connectivity index (χ0v) is 13.0. The van der Waals surface area contributed by atoms with Crippen LogP contribution in [0.3, 0.4) is 0 Å². The number of benzene rings is 1. The molecule has 0 N–H and O–H groups in total. The van der Waals surface area contributed by atoms with E-state index in [0.717, 1.165) is 0 Å². The van der Waals surface area contributed by atoms with Gasteiger partial charge in [-0.1, -0.05) is 40.7 Å². The largest absolute Gasteiger partial charge is 0.106 e. The van der Waals surface area contributed by atoms with Crippen LogP contribution < -0.4 is 0 Å². The molecule has 18 heavy (non-hydrogen) atoms. The van der Waals surface area contributed by atoms with E-state index in [9.17, 15) is 0 Å². The third-order valence-electron chi connectivity index (χ3n) is 3.67. The van der Waals surface area contributed by atoms with E-state index in [-0.39, 0.29) is 0 Å². The first-order chi connectivity index (χ1) is 8.73. The smallest absolute Gasteiger partial charge is 0.0302 e. The van der Waals surface area contributed by atoms with Gasteiger partial charge in [0.1, 0.15) is 0 Å². The molecule has 0 bridgehead atoms. The van der Waals surface area contributed by atoms with Gasteiger partial charge in [0.15, 0.2) is 0 Å². The molecule has 0 saturated carbocycles. The van der Waals surface area contributed by atoms with E-state index in [1.165, 1.54) is 32.1 Å². The number of hydrogen-bond acceptors (Lipinski definition) is 0. The van der Waals surface area contributed by atoms with Crippen LogP contribution in [-0.4, -0.2) is 0 Å². The molecule has 0 saturated heterocycles. The SMILES string of the molecule is C=C.CCc1cc(CC)c(CC)c(CC)c1CC. The second kappa shape index (κ2) is 8.97. The topological polar surface area (TPSA) is 0 Å². The maximum atomic E-state index is 3.00. The molecule has 0 aliphatic carbocycles. The summed E-state index contributed by atoms with van der Waals surface area (Å²) in [6.07, 6.45) is 5.90. The van der Waals surface area contributed by atoms with Crippen LogP contribution in [0.25, 0.3) is 0 Å². The Kier molecular flexibility index (Phi) is 8.45. The minimum Gasteiger partial charge on any atom is -0.106 e. The van der Waals surface area contributed by atoms with Gasteiger partial charge < -0.3 is 0 Å². The van der Waals surface area contributed by atoms with Crippen molar-refractivity contribution >= 4 is 0 Å². The van der Waals surface area contributed by atoms with Crippen molar-refractivity contribution in [3.63, 3.8) is 0 Å². The fourth-order valence-corrected chi connectivity index (χ4v) is 2.89. The molecule has 0 heteroatoms. The van der Waals surface area contributed by atoms with Gasteiger partial charge >= 0.3 is 0 Å². The first kappa shape index (κ1) is 17.0. The Bertz CT molecular complexity index is 331. The first-order valence-corrected chi connectivity index (χ1v) is 7.38. The van der Waals surface area contributed by atoms with Gasteiger partial charge in [-0.2, -0.15) is 0 Å². The van der Waals surface area contributed by atoms with E-state index in [4.69, 9.17) is 0 Å². The van der Waals surface area contributed by atoms with Gasteiger partial charge in [-0.3, -0.25) is 0 Å². The van der Waals surface area contributed by atoms with E-state index in [2.05, 4.69) is 53.8 Å². The molecule has 0 radical (unpaired) electrons. The number of aryl methyl sites for hydroxylation is 2. The lowest BCUT2D eigenvalue weighted by atomic mass is 9.86. The van der Waals surface area contributed by atoms with Crippen LogP contribution in [0.2, 0.25) is 0 Å². The molecule has 0 atom stereocenters. The maximum Gasteiger partial charge on any atom is -0.0302 e. The average Bonchev–Trinajstić information content (AvgIpc) is 2.46. The molecule has 0 amide bonds. The Morgan fingerprint density at radius 3 is 1.17 bits per heavy atom. The summed E-state index contributed by atoms with van der Waals surface area (Å²) >= 11 is 0. The molecule has 0 nitrogen and oxygen atoms in total. The highest BCUT2D eigenvalue weighted by molar-refractivity contribution is 5.46. The minimum absolute atomic E-state index is 1.17. The van der Waals surface area contributed by atoms with Gasteiger partial charge in [0.2, 0.25) is 0 Å². The van der Waals surface area contributed by atoms with Crippen molar-refractivity contribution in [2.24, 2.45) is 0 Å². The van der Waals surface area contributed by atoms with Crippen LogP contribution in [0, 0.1) is 0 Å². The predicted molar refractivity (Wildman–Crippen MR) is 84.6 cm³/mol. The Labute approximate surface area is 114 Å². The molecule has 1 rings (SSSR count). The van der Waals surface area contributed by atoms with Crippen LogP contribution in [-0.2, 0) is 32.1 Å². The summed E-state index contributed by atoms with van der Waals surface area (Å²) in [6, 6.07) is 2.46. The van der Waals surface area contributed by atoms with Gasteiger partial charge in [0.25, 0.3) is 0 Å². The maximum absolute atomic E-state index is 3.00. The summed E-state index contributed by atoms with van der Waals surface area (Å²) in [4.78, 5) is 0. The van der Waals surface area contributed by atoms with E-state index in [0.29, 0.717) is 0 Å². The van der Waals surface area contributed by atoms with E-state index in [1.54, 1.807) is 27.8 Å². The van der Waals surface area contributed by atoms with Crippen molar-refractivity contribution in [3.05, 3.63) is 47.0 Å². The van der Waals surface area contributed by atoms with Gasteiger partial charge in [-0.05, 0) is 59.9 Å². The average molecular weight is 246 g/mol. The molecule has 0 spiro atoms. The summed E-state index contributed by atoms with van der Waals surface area (Å²) in [5, 5.41) is 0. The number of hydrogen-bond donors (Lipinski definition) is 0. The molecule has 1 aromatic rings. The van der Waals surface area contributed by atoms with Gasteiger partial charge in [0, 0.05) is 0 Å². The molecule has 0 aromatic heterocycles. The lowest BCUT2D eigenvalue weighted by molar-refractivity contribution is 0.914. The fraction of sp³-hybridized carbons (Fsp3) is 0.556. The quantitative estimate of drug-likeness (QED) is 0.618. The Morgan fingerprint density at radius 1 is 0.611 bits per heavy atom. The summed E-state index contributed by atoms with van der Waals surface area (Å²) in [7, 11) is 0. The minimum atomic E-state index is 1.17. The second-order valence-electron chi connectivity index (χ2n) is 4.40. The monoisotopic (exact) mass is 246 g/mol. The summed E-state index contributed by atoms with van der Waals surface area (Å²) in [5.74, 6) is 0. The number of rotatable bonds is 5. The van der Waals surface area contributed by atoms with Crippen molar-refractivity contribution in [2.75, 3.05) is 0 Å². The zero-order chi connectivity index (χ0) is 14.1. The third kappa shape index (κ3) is 3.48. The molecule has 1 aromatic carbocycles. The molecule has 0 unspecified atom stereocenters. The highest BCUT2D eigenvalue weighted by Gasteiger charge is 2.12. The van der Waals surface area contributed by atoms with Crippen LogP contribution in [0.15, 0.2) is 19.2 Å². The fourth-order valence-electron chi connectivity index (χ4n) is 2.89. The van der Waals surface area contributed by atoms with E-state index in [1.807, 2.05) is 0 Å². The summed E-state index contributed by atoms with van der Waals surface area (Å²) < 4.78 is 0. The van der Waals surface area contributed by atoms with Crippen LogP contribution in [0.4, 0.5) is 0 Å². The van der Waals surface area contributed by atoms with Gasteiger partial charge in [0.05, 0.1) is 0 Å². The molecule has 0 fully saturated rings. The lowest BCUT2D eigenvalue weighted by Crippen LogP contribution is -2.06. The normalized spacial score (nSPS) is 9.83. The Hall–Kier alpha value is -1.04. The highest BCUT2D eigenvalue weighted by atomic mass is 14.2. The zero-order valence-electron chi connectivity index (χ0n) is 13.0.